The fraction of sp³-hybridized carbons (Fsp3) is 0.714. The number of nitrogens with zero attached hydrogens (tertiary/aromatic N) is 1. The van der Waals surface area contributed by atoms with Gasteiger partial charge in [-0.05, 0) is 6.42 Å². The number of methoxy groups -OCH3 is 1. The molecule has 0 unspecified atom stereocenters. The van der Waals surface area contributed by atoms with Crippen LogP contribution >= 0.6 is 0 Å². The molecule has 0 saturated carbocycles. The molecular weight excluding hydrogens is 146 g/mol. The van der Waals surface area contributed by atoms with Gasteiger partial charge in [0.25, 0.3) is 0 Å². The summed E-state index contributed by atoms with van der Waals surface area (Å²) in [5.41, 5.74) is 0.954. The zero-order valence-corrected chi connectivity index (χ0v) is 6.50. The minimum atomic E-state index is -0.195. The Labute approximate surface area is 65.2 Å². The van der Waals surface area contributed by atoms with Gasteiger partial charge < -0.3 is 9.57 Å². The molecule has 0 aromatic carbocycles. The Morgan fingerprint density at radius 3 is 3.18 bits per heavy atom. The van der Waals surface area contributed by atoms with Crippen LogP contribution < -0.4 is 0 Å². The molecule has 1 heterocycles. The molecule has 0 spiro atoms. The van der Waals surface area contributed by atoms with Crippen molar-refractivity contribution in [1.82, 2.24) is 0 Å². The molecule has 1 rings (SSSR count). The summed E-state index contributed by atoms with van der Waals surface area (Å²) in [5, 5.41) is 3.75. The molecule has 0 atom stereocenters. The van der Waals surface area contributed by atoms with Crippen LogP contribution in [0.5, 0.6) is 0 Å². The minimum absolute atomic E-state index is 0.195. The third-order valence-corrected chi connectivity index (χ3v) is 1.52. The van der Waals surface area contributed by atoms with Crippen molar-refractivity contribution in [3.05, 3.63) is 0 Å². The van der Waals surface area contributed by atoms with Gasteiger partial charge in [-0.15, -0.1) is 0 Å². The summed E-state index contributed by atoms with van der Waals surface area (Å²) in [7, 11) is 1.38. The third kappa shape index (κ3) is 2.57. The molecule has 0 bridgehead atoms. The maximum absolute atomic E-state index is 10.7. The largest absolute Gasteiger partial charge is 0.469 e. The van der Waals surface area contributed by atoms with E-state index in [1.807, 2.05) is 0 Å². The maximum atomic E-state index is 10.7. The van der Waals surface area contributed by atoms with Crippen LogP contribution in [0.2, 0.25) is 0 Å². The lowest BCUT2D eigenvalue weighted by atomic mass is 10.2. The zero-order valence-electron chi connectivity index (χ0n) is 6.50. The highest BCUT2D eigenvalue weighted by molar-refractivity contribution is 5.87. The van der Waals surface area contributed by atoms with Gasteiger partial charge in [0.1, 0.15) is 6.61 Å². The van der Waals surface area contributed by atoms with Crippen molar-refractivity contribution in [3.8, 4) is 0 Å². The van der Waals surface area contributed by atoms with E-state index in [1.54, 1.807) is 0 Å². The van der Waals surface area contributed by atoms with Gasteiger partial charge in [-0.25, -0.2) is 0 Å². The van der Waals surface area contributed by atoms with E-state index < -0.39 is 0 Å². The van der Waals surface area contributed by atoms with Gasteiger partial charge in [0, 0.05) is 6.42 Å². The lowest BCUT2D eigenvalue weighted by Crippen LogP contribution is -2.04. The van der Waals surface area contributed by atoms with Gasteiger partial charge in [-0.2, -0.15) is 0 Å². The van der Waals surface area contributed by atoms with E-state index in [4.69, 9.17) is 4.84 Å². The fourth-order valence-electron chi connectivity index (χ4n) is 0.865. The number of hydrogen-bond donors (Lipinski definition) is 0. The van der Waals surface area contributed by atoms with E-state index in [9.17, 15) is 4.79 Å². The van der Waals surface area contributed by atoms with E-state index in [-0.39, 0.29) is 5.97 Å². The second-order valence-electron chi connectivity index (χ2n) is 2.32. The van der Waals surface area contributed by atoms with Gasteiger partial charge in [-0.3, -0.25) is 4.79 Å². The zero-order chi connectivity index (χ0) is 8.10. The van der Waals surface area contributed by atoms with E-state index >= 15 is 0 Å². The average molecular weight is 157 g/mol. The quantitative estimate of drug-likeness (QED) is 0.567. The summed E-state index contributed by atoms with van der Waals surface area (Å²) in [6, 6.07) is 0. The van der Waals surface area contributed by atoms with Crippen LogP contribution in [-0.4, -0.2) is 25.4 Å². The van der Waals surface area contributed by atoms with Gasteiger partial charge >= 0.3 is 5.97 Å². The number of ether oxygens (including phenoxy) is 1. The highest BCUT2D eigenvalue weighted by Crippen LogP contribution is 2.06. The van der Waals surface area contributed by atoms with Crippen LogP contribution in [-0.2, 0) is 14.4 Å². The van der Waals surface area contributed by atoms with Crippen LogP contribution in [0.15, 0.2) is 5.16 Å². The number of hydrogen-bond acceptors (Lipinski definition) is 4. The Morgan fingerprint density at radius 1 is 1.82 bits per heavy atom. The number of carbonyl (C=O) groups is 1. The highest BCUT2D eigenvalue weighted by atomic mass is 16.6. The number of rotatable bonds is 3. The molecule has 62 valence electrons. The third-order valence-electron chi connectivity index (χ3n) is 1.52. The number of oxime groups is 1. The smallest absolute Gasteiger partial charge is 0.305 e. The van der Waals surface area contributed by atoms with E-state index in [1.165, 1.54) is 7.11 Å². The van der Waals surface area contributed by atoms with Crippen molar-refractivity contribution in [2.45, 2.75) is 19.3 Å². The summed E-state index contributed by atoms with van der Waals surface area (Å²) in [4.78, 5) is 15.4. The van der Waals surface area contributed by atoms with E-state index in [0.29, 0.717) is 19.4 Å². The molecule has 0 aliphatic carbocycles. The molecule has 1 aliphatic heterocycles. The summed E-state index contributed by atoms with van der Waals surface area (Å²) in [6.07, 6.45) is 1.91. The van der Waals surface area contributed by atoms with Gasteiger partial charge in [0.15, 0.2) is 0 Å². The van der Waals surface area contributed by atoms with E-state index in [2.05, 4.69) is 9.89 Å². The Kier molecular flexibility index (Phi) is 2.89. The molecule has 0 saturated heterocycles. The average Bonchev–Trinajstić information content (AvgIpc) is 2.52. The Morgan fingerprint density at radius 2 is 2.64 bits per heavy atom. The highest BCUT2D eigenvalue weighted by Gasteiger charge is 2.09. The molecular formula is C7H11NO3. The lowest BCUT2D eigenvalue weighted by molar-refractivity contribution is -0.140. The maximum Gasteiger partial charge on any atom is 0.305 e. The summed E-state index contributed by atoms with van der Waals surface area (Å²) >= 11 is 0. The fourth-order valence-corrected chi connectivity index (χ4v) is 0.865. The van der Waals surface area contributed by atoms with Crippen LogP contribution in [0.1, 0.15) is 19.3 Å². The van der Waals surface area contributed by atoms with Crippen molar-refractivity contribution >= 4 is 11.7 Å². The monoisotopic (exact) mass is 157 g/mol. The molecule has 1 aliphatic rings. The SMILES string of the molecule is COC(=O)CCC1=NOCC1. The van der Waals surface area contributed by atoms with Crippen molar-refractivity contribution in [2.75, 3.05) is 13.7 Å². The van der Waals surface area contributed by atoms with Gasteiger partial charge in [0.05, 0.1) is 19.2 Å². The first kappa shape index (κ1) is 8.04. The summed E-state index contributed by atoms with van der Waals surface area (Å²) in [5.74, 6) is -0.195. The van der Waals surface area contributed by atoms with Crippen molar-refractivity contribution in [3.63, 3.8) is 0 Å². The molecule has 0 fully saturated rings. The summed E-state index contributed by atoms with van der Waals surface area (Å²) < 4.78 is 4.48. The van der Waals surface area contributed by atoms with Crippen LogP contribution in [0, 0.1) is 0 Å². The first-order valence-electron chi connectivity index (χ1n) is 3.57. The molecule has 0 N–H and O–H groups in total. The lowest BCUT2D eigenvalue weighted by Gasteiger charge is -1.96. The molecule has 4 nitrogen and oxygen atoms in total. The van der Waals surface area contributed by atoms with Crippen LogP contribution in [0.25, 0.3) is 0 Å². The second-order valence-corrected chi connectivity index (χ2v) is 2.32. The molecule has 11 heavy (non-hydrogen) atoms. The number of carbonyl (C=O) groups excluding carboxylic acids is 1. The molecule has 0 amide bonds. The normalized spacial score (nSPS) is 15.5. The first-order chi connectivity index (χ1) is 5.33. The Balaban J connectivity index is 2.16. The summed E-state index contributed by atoms with van der Waals surface area (Å²) in [6.45, 7) is 0.649. The van der Waals surface area contributed by atoms with Crippen LogP contribution in [0.3, 0.4) is 0 Å². The Hall–Kier alpha value is -1.06. The van der Waals surface area contributed by atoms with E-state index in [0.717, 1.165) is 12.1 Å². The molecule has 0 radical (unpaired) electrons. The van der Waals surface area contributed by atoms with Crippen LogP contribution in [0.4, 0.5) is 0 Å². The first-order valence-corrected chi connectivity index (χ1v) is 3.57. The Bertz CT molecular complexity index is 177. The van der Waals surface area contributed by atoms with Crippen molar-refractivity contribution < 1.29 is 14.4 Å². The van der Waals surface area contributed by atoms with Gasteiger partial charge in [-0.1, -0.05) is 5.16 Å². The van der Waals surface area contributed by atoms with Crippen molar-refractivity contribution in [2.24, 2.45) is 5.16 Å². The molecule has 0 aromatic rings. The van der Waals surface area contributed by atoms with Gasteiger partial charge in [0.2, 0.25) is 0 Å². The van der Waals surface area contributed by atoms with Crippen molar-refractivity contribution in [1.29, 1.82) is 0 Å². The predicted molar refractivity (Wildman–Crippen MR) is 39.3 cm³/mol. The minimum Gasteiger partial charge on any atom is -0.469 e. The number of esters is 1. The standard InChI is InChI=1S/C7H11NO3/c1-10-7(9)3-2-6-4-5-11-8-6/h2-5H2,1H3. The molecule has 4 heteroatoms. The molecule has 0 aromatic heterocycles. The topological polar surface area (TPSA) is 47.9 Å². The predicted octanol–water partition coefficient (Wildman–Crippen LogP) is 0.716. The second kappa shape index (κ2) is 3.95.